The van der Waals surface area contributed by atoms with E-state index in [4.69, 9.17) is 21.1 Å². The molecule has 1 heterocycles. The third-order valence-electron chi connectivity index (χ3n) is 5.47. The molecule has 9 nitrogen and oxygen atoms in total. The van der Waals surface area contributed by atoms with Crippen LogP contribution >= 0.6 is 27.5 Å². The van der Waals surface area contributed by atoms with Crippen LogP contribution in [0.25, 0.3) is 0 Å². The van der Waals surface area contributed by atoms with E-state index in [-0.39, 0.29) is 10.7 Å². The standard InChI is InChI=1S/C28H24BrClN4O5S/c1-38-25-16-21(15-24(29)28(25)39-19-20-10-12-22(30)13-11-20)17-32-33-27(35)18-34(26-9-5-6-14-31-26)40(36,37)23-7-3-2-4-8-23/h2-17H,18-19H2,1H3,(H,33,35)/b32-17-. The molecule has 0 aliphatic carbocycles. The van der Waals surface area contributed by atoms with E-state index in [0.717, 1.165) is 9.87 Å². The Kier molecular flexibility index (Phi) is 9.75. The molecule has 0 unspecified atom stereocenters. The summed E-state index contributed by atoms with van der Waals surface area (Å²) in [6, 6.07) is 23.4. The van der Waals surface area contributed by atoms with E-state index < -0.39 is 22.5 Å². The van der Waals surface area contributed by atoms with Crippen LogP contribution in [0.1, 0.15) is 11.1 Å². The van der Waals surface area contributed by atoms with Crippen molar-refractivity contribution in [2.45, 2.75) is 11.5 Å². The van der Waals surface area contributed by atoms with Crippen LogP contribution in [-0.4, -0.2) is 39.2 Å². The van der Waals surface area contributed by atoms with Gasteiger partial charge in [0, 0.05) is 11.2 Å². The Hall–Kier alpha value is -3.93. The number of nitrogens with one attached hydrogen (secondary N) is 1. The van der Waals surface area contributed by atoms with Crippen molar-refractivity contribution < 1.29 is 22.7 Å². The highest BCUT2D eigenvalue weighted by Crippen LogP contribution is 2.37. The number of halogens is 2. The molecule has 0 spiro atoms. The molecule has 40 heavy (non-hydrogen) atoms. The van der Waals surface area contributed by atoms with Crippen LogP contribution in [0.4, 0.5) is 5.82 Å². The molecule has 0 saturated carbocycles. The highest BCUT2D eigenvalue weighted by molar-refractivity contribution is 9.10. The Morgan fingerprint density at radius 1 is 1.07 bits per heavy atom. The summed E-state index contributed by atoms with van der Waals surface area (Å²) in [6.45, 7) is -0.232. The smallest absolute Gasteiger partial charge is 0.265 e. The first-order valence-corrected chi connectivity index (χ1v) is 14.4. The third-order valence-corrected chi connectivity index (χ3v) is 8.08. The van der Waals surface area contributed by atoms with Crippen molar-refractivity contribution in [1.82, 2.24) is 10.4 Å². The molecule has 0 bridgehead atoms. The number of nitrogens with zero attached hydrogens (tertiary/aromatic N) is 3. The van der Waals surface area contributed by atoms with E-state index in [1.54, 1.807) is 54.6 Å². The predicted molar refractivity (Wildman–Crippen MR) is 157 cm³/mol. The average Bonchev–Trinajstić information content (AvgIpc) is 2.97. The molecule has 1 N–H and O–H groups in total. The summed E-state index contributed by atoms with van der Waals surface area (Å²) in [7, 11) is -2.55. The van der Waals surface area contributed by atoms with E-state index in [0.29, 0.717) is 33.2 Å². The fourth-order valence-corrected chi connectivity index (χ4v) is 5.64. The summed E-state index contributed by atoms with van der Waals surface area (Å²) in [6.07, 6.45) is 2.86. The van der Waals surface area contributed by atoms with Gasteiger partial charge in [-0.15, -0.1) is 0 Å². The quantitative estimate of drug-likeness (QED) is 0.172. The van der Waals surface area contributed by atoms with Crippen molar-refractivity contribution in [3.63, 3.8) is 0 Å². The van der Waals surface area contributed by atoms with Crippen LogP contribution in [-0.2, 0) is 21.4 Å². The molecule has 3 aromatic carbocycles. The van der Waals surface area contributed by atoms with Gasteiger partial charge in [-0.2, -0.15) is 5.10 Å². The molecule has 0 saturated heterocycles. The lowest BCUT2D eigenvalue weighted by molar-refractivity contribution is -0.119. The second kappa shape index (κ2) is 13.4. The molecule has 4 rings (SSSR count). The number of pyridine rings is 1. The number of carbonyl (C=O) groups is 1. The first kappa shape index (κ1) is 29.1. The van der Waals surface area contributed by atoms with Crippen molar-refractivity contribution in [2.75, 3.05) is 18.0 Å². The number of rotatable bonds is 11. The van der Waals surface area contributed by atoms with Gasteiger partial charge in [-0.1, -0.05) is 48.0 Å². The normalized spacial score (nSPS) is 11.3. The Bertz CT molecular complexity index is 1590. The van der Waals surface area contributed by atoms with Gasteiger partial charge in [0.1, 0.15) is 19.0 Å². The Morgan fingerprint density at radius 2 is 1.80 bits per heavy atom. The summed E-state index contributed by atoms with van der Waals surface area (Å²) in [5.74, 6) is 0.394. The van der Waals surface area contributed by atoms with E-state index in [2.05, 4.69) is 31.4 Å². The van der Waals surface area contributed by atoms with Gasteiger partial charge in [0.05, 0.1) is 22.7 Å². The lowest BCUT2D eigenvalue weighted by atomic mass is 10.2. The molecule has 4 aromatic rings. The highest BCUT2D eigenvalue weighted by Gasteiger charge is 2.27. The molecule has 0 aliphatic rings. The summed E-state index contributed by atoms with van der Waals surface area (Å²) in [4.78, 5) is 16.9. The number of anilines is 1. The number of amides is 1. The topological polar surface area (TPSA) is 110 Å². The number of benzene rings is 3. The van der Waals surface area contributed by atoms with Gasteiger partial charge >= 0.3 is 0 Å². The maximum Gasteiger partial charge on any atom is 0.265 e. The molecule has 0 radical (unpaired) electrons. The van der Waals surface area contributed by atoms with E-state index in [1.807, 2.05) is 12.1 Å². The van der Waals surface area contributed by atoms with Crippen LogP contribution in [0, 0.1) is 0 Å². The predicted octanol–water partition coefficient (Wildman–Crippen LogP) is 5.43. The van der Waals surface area contributed by atoms with Crippen LogP contribution in [0.5, 0.6) is 11.5 Å². The molecule has 0 atom stereocenters. The van der Waals surface area contributed by atoms with Gasteiger partial charge in [-0.3, -0.25) is 4.79 Å². The Labute approximate surface area is 245 Å². The number of ether oxygens (including phenoxy) is 2. The molecule has 0 aliphatic heterocycles. The van der Waals surface area contributed by atoms with Crippen LogP contribution in [0.3, 0.4) is 0 Å². The minimum Gasteiger partial charge on any atom is -0.493 e. The number of carbonyl (C=O) groups excluding carboxylic acids is 1. The van der Waals surface area contributed by atoms with E-state index in [9.17, 15) is 13.2 Å². The molecular formula is C28H24BrClN4O5S. The lowest BCUT2D eigenvalue weighted by Gasteiger charge is -2.22. The highest BCUT2D eigenvalue weighted by atomic mass is 79.9. The van der Waals surface area contributed by atoms with Crippen LogP contribution in [0.2, 0.25) is 5.02 Å². The van der Waals surface area contributed by atoms with Crippen LogP contribution < -0.4 is 19.2 Å². The van der Waals surface area contributed by atoms with Crippen molar-refractivity contribution >= 4 is 55.5 Å². The summed E-state index contributed by atoms with van der Waals surface area (Å²) >= 11 is 9.43. The molecule has 1 amide bonds. The van der Waals surface area contributed by atoms with Crippen molar-refractivity contribution in [3.05, 3.63) is 112 Å². The zero-order valence-corrected chi connectivity index (χ0v) is 24.4. The lowest BCUT2D eigenvalue weighted by Crippen LogP contribution is -2.40. The maximum absolute atomic E-state index is 13.3. The molecule has 1 aromatic heterocycles. The molecule has 206 valence electrons. The summed E-state index contributed by atoms with van der Waals surface area (Å²) in [5.41, 5.74) is 3.91. The average molecular weight is 644 g/mol. The van der Waals surface area contributed by atoms with Gasteiger partial charge < -0.3 is 9.47 Å². The molecule has 0 fully saturated rings. The van der Waals surface area contributed by atoms with Crippen molar-refractivity contribution in [2.24, 2.45) is 5.10 Å². The molecular weight excluding hydrogens is 620 g/mol. The number of hydrogen-bond donors (Lipinski definition) is 1. The monoisotopic (exact) mass is 642 g/mol. The summed E-state index contributed by atoms with van der Waals surface area (Å²) < 4.78 is 39.5. The second-order valence-electron chi connectivity index (χ2n) is 8.26. The van der Waals surface area contributed by atoms with Gasteiger partial charge in [0.2, 0.25) is 0 Å². The van der Waals surface area contributed by atoms with Crippen molar-refractivity contribution in [1.29, 1.82) is 0 Å². The zero-order chi connectivity index (χ0) is 28.5. The van der Waals surface area contributed by atoms with Gasteiger partial charge in [0.15, 0.2) is 11.5 Å². The zero-order valence-electron chi connectivity index (χ0n) is 21.2. The minimum absolute atomic E-state index is 0.0345. The number of methoxy groups -OCH3 is 1. The Morgan fingerprint density at radius 3 is 2.48 bits per heavy atom. The number of hydrazone groups is 1. The van der Waals surface area contributed by atoms with E-state index in [1.165, 1.54) is 37.7 Å². The molecule has 12 heteroatoms. The van der Waals surface area contributed by atoms with Crippen LogP contribution in [0.15, 0.2) is 106 Å². The first-order valence-electron chi connectivity index (χ1n) is 11.8. The second-order valence-corrected chi connectivity index (χ2v) is 11.4. The fourth-order valence-electron chi connectivity index (χ4n) is 3.55. The van der Waals surface area contributed by atoms with Gasteiger partial charge in [-0.25, -0.2) is 23.1 Å². The number of hydrogen-bond acceptors (Lipinski definition) is 7. The van der Waals surface area contributed by atoms with Gasteiger partial charge in [-0.05, 0) is 75.6 Å². The largest absolute Gasteiger partial charge is 0.493 e. The maximum atomic E-state index is 13.3. The number of aromatic nitrogens is 1. The minimum atomic E-state index is -4.06. The van der Waals surface area contributed by atoms with Crippen molar-refractivity contribution in [3.8, 4) is 11.5 Å². The van der Waals surface area contributed by atoms with Gasteiger partial charge in [0.25, 0.3) is 15.9 Å². The first-order chi connectivity index (χ1) is 19.3. The third kappa shape index (κ3) is 7.38. The Balaban J connectivity index is 1.46. The van der Waals surface area contributed by atoms with E-state index >= 15 is 0 Å². The number of sulfonamides is 1. The SMILES string of the molecule is COc1cc(/C=N\NC(=O)CN(c2ccccn2)S(=O)(=O)c2ccccc2)cc(Br)c1OCc1ccc(Cl)cc1. The fraction of sp³-hybridized carbons (Fsp3) is 0.107. The summed E-state index contributed by atoms with van der Waals surface area (Å²) in [5, 5.41) is 4.63.